The number of carbonyl (C=O) groups excluding carboxylic acids is 3. The first-order valence-electron chi connectivity index (χ1n) is 10.6. The third-order valence-corrected chi connectivity index (χ3v) is 5.78. The van der Waals surface area contributed by atoms with E-state index in [4.69, 9.17) is 37.1 Å². The number of ether oxygens (including phenoxy) is 2. The summed E-state index contributed by atoms with van der Waals surface area (Å²) in [5, 5.41) is 3.06. The van der Waals surface area contributed by atoms with Gasteiger partial charge in [-0.05, 0) is 60.5 Å². The Kier molecular flexibility index (Phi) is 7.43. The lowest BCUT2D eigenvalue weighted by molar-refractivity contribution is -0.130. The third kappa shape index (κ3) is 5.67. The van der Waals surface area contributed by atoms with Crippen LogP contribution in [0.25, 0.3) is 6.08 Å². The third-order valence-electron chi connectivity index (χ3n) is 5.04. The summed E-state index contributed by atoms with van der Waals surface area (Å²) in [6, 6.07) is 12.7. The molecule has 1 N–H and O–H groups in total. The molecule has 1 saturated heterocycles. The summed E-state index contributed by atoms with van der Waals surface area (Å²) in [5.74, 6) is -0.214. The van der Waals surface area contributed by atoms with Crippen molar-refractivity contribution in [1.82, 2.24) is 10.2 Å². The molecule has 2 aromatic carbocycles. The highest BCUT2D eigenvalue weighted by Crippen LogP contribution is 2.31. The Morgan fingerprint density at radius 1 is 1.00 bits per heavy atom. The quantitative estimate of drug-likeness (QED) is 0.326. The lowest BCUT2D eigenvalue weighted by Crippen LogP contribution is -2.53. The Hall–Kier alpha value is -3.75. The lowest BCUT2D eigenvalue weighted by Gasteiger charge is -2.25. The molecule has 3 aromatic rings. The van der Waals surface area contributed by atoms with Gasteiger partial charge in [0.15, 0.2) is 11.5 Å². The molecule has 0 aliphatic carbocycles. The summed E-state index contributed by atoms with van der Waals surface area (Å²) in [7, 11) is 0. The highest BCUT2D eigenvalue weighted by molar-refractivity contribution is 6.42. The van der Waals surface area contributed by atoms with Gasteiger partial charge in [0.05, 0.1) is 29.5 Å². The van der Waals surface area contributed by atoms with Crippen LogP contribution in [-0.2, 0) is 22.7 Å². The Bertz CT molecular complexity index is 1300. The van der Waals surface area contributed by atoms with E-state index in [1.807, 2.05) is 6.92 Å². The van der Waals surface area contributed by atoms with Gasteiger partial charge in [-0.1, -0.05) is 35.3 Å². The Morgan fingerprint density at radius 3 is 2.54 bits per heavy atom. The van der Waals surface area contributed by atoms with Crippen LogP contribution in [0.3, 0.4) is 0 Å². The minimum Gasteiger partial charge on any atom is -0.490 e. The van der Waals surface area contributed by atoms with Crippen LogP contribution in [0.15, 0.2) is 64.8 Å². The van der Waals surface area contributed by atoms with Gasteiger partial charge in [-0.25, -0.2) is 4.79 Å². The number of benzene rings is 2. The van der Waals surface area contributed by atoms with Crippen LogP contribution in [0.2, 0.25) is 10.0 Å². The van der Waals surface area contributed by atoms with Crippen molar-refractivity contribution < 1.29 is 28.3 Å². The molecule has 0 radical (unpaired) electrons. The largest absolute Gasteiger partial charge is 0.490 e. The molecule has 4 rings (SSSR count). The van der Waals surface area contributed by atoms with E-state index < -0.39 is 17.8 Å². The van der Waals surface area contributed by atoms with E-state index in [0.717, 1.165) is 10.5 Å². The molecule has 0 unspecified atom stereocenters. The molecular formula is C25H20Cl2N2O6. The average molecular weight is 515 g/mol. The molecule has 2 heterocycles. The van der Waals surface area contributed by atoms with Crippen molar-refractivity contribution in [3.8, 4) is 11.5 Å². The number of carbonyl (C=O) groups is 3. The topological polar surface area (TPSA) is 98.1 Å². The van der Waals surface area contributed by atoms with Crippen molar-refractivity contribution in [2.45, 2.75) is 20.1 Å². The van der Waals surface area contributed by atoms with Gasteiger partial charge >= 0.3 is 6.03 Å². The molecule has 35 heavy (non-hydrogen) atoms. The van der Waals surface area contributed by atoms with E-state index in [0.29, 0.717) is 39.5 Å². The van der Waals surface area contributed by atoms with E-state index >= 15 is 0 Å². The maximum absolute atomic E-state index is 12.9. The molecule has 1 aliphatic rings. The number of rotatable bonds is 8. The fourth-order valence-electron chi connectivity index (χ4n) is 3.36. The zero-order chi connectivity index (χ0) is 24.9. The maximum atomic E-state index is 12.9. The van der Waals surface area contributed by atoms with Gasteiger partial charge in [0.25, 0.3) is 11.8 Å². The van der Waals surface area contributed by atoms with Crippen LogP contribution >= 0.6 is 23.2 Å². The van der Waals surface area contributed by atoms with Crippen molar-refractivity contribution in [3.05, 3.63) is 87.3 Å². The fraction of sp³-hybridized carbons (Fsp3) is 0.160. The molecule has 10 heteroatoms. The maximum Gasteiger partial charge on any atom is 0.331 e. The van der Waals surface area contributed by atoms with Gasteiger partial charge in [-0.15, -0.1) is 0 Å². The average Bonchev–Trinajstić information content (AvgIpc) is 3.34. The summed E-state index contributed by atoms with van der Waals surface area (Å²) in [5.41, 5.74) is 1.14. The van der Waals surface area contributed by atoms with Crippen LogP contribution in [0.4, 0.5) is 4.79 Å². The number of hydrogen-bond acceptors (Lipinski definition) is 6. The van der Waals surface area contributed by atoms with E-state index in [-0.39, 0.29) is 18.7 Å². The highest BCUT2D eigenvalue weighted by atomic mass is 35.5. The molecule has 0 bridgehead atoms. The summed E-state index contributed by atoms with van der Waals surface area (Å²) < 4.78 is 16.8. The molecule has 180 valence electrons. The predicted molar refractivity (Wildman–Crippen MR) is 129 cm³/mol. The molecule has 0 spiro atoms. The first kappa shape index (κ1) is 24.4. The van der Waals surface area contributed by atoms with Gasteiger partial charge in [-0.2, -0.15) is 0 Å². The number of amides is 4. The number of hydrogen-bond donors (Lipinski definition) is 1. The number of urea groups is 1. The molecular weight excluding hydrogens is 495 g/mol. The van der Waals surface area contributed by atoms with Crippen LogP contribution < -0.4 is 14.8 Å². The van der Waals surface area contributed by atoms with E-state index in [2.05, 4.69) is 5.32 Å². The zero-order valence-corrected chi connectivity index (χ0v) is 20.1. The molecule has 1 fully saturated rings. The van der Waals surface area contributed by atoms with Crippen molar-refractivity contribution in [1.29, 1.82) is 0 Å². The van der Waals surface area contributed by atoms with Crippen LogP contribution in [0.5, 0.6) is 11.5 Å². The Labute approximate surface area is 211 Å². The summed E-state index contributed by atoms with van der Waals surface area (Å²) in [4.78, 5) is 38.4. The second-order valence-electron chi connectivity index (χ2n) is 7.46. The van der Waals surface area contributed by atoms with Crippen LogP contribution in [0.1, 0.15) is 23.8 Å². The SMILES string of the molecule is CCOc1cc(/C=C2\C(=O)NC(=O)N(Cc3ccco3)C2=O)ccc1OCc1ccc(Cl)c(Cl)c1. The molecule has 4 amide bonds. The first-order valence-corrected chi connectivity index (χ1v) is 11.4. The zero-order valence-electron chi connectivity index (χ0n) is 18.5. The van der Waals surface area contributed by atoms with Crippen molar-refractivity contribution in [3.63, 3.8) is 0 Å². The van der Waals surface area contributed by atoms with E-state index in [1.54, 1.807) is 48.5 Å². The number of nitrogens with one attached hydrogen (secondary N) is 1. The number of nitrogens with zero attached hydrogens (tertiary/aromatic N) is 1. The molecule has 1 aliphatic heterocycles. The Morgan fingerprint density at radius 2 is 1.83 bits per heavy atom. The first-order chi connectivity index (χ1) is 16.9. The fourth-order valence-corrected chi connectivity index (χ4v) is 3.68. The normalized spacial score (nSPS) is 14.9. The number of halogens is 2. The van der Waals surface area contributed by atoms with Crippen LogP contribution in [-0.4, -0.2) is 29.4 Å². The molecule has 8 nitrogen and oxygen atoms in total. The van der Waals surface area contributed by atoms with Gasteiger partial charge in [0.2, 0.25) is 0 Å². The van der Waals surface area contributed by atoms with Crippen molar-refractivity contribution in [2.24, 2.45) is 0 Å². The standard InChI is InChI=1S/C25H20Cl2N2O6/c1-2-33-22-12-15(6-8-21(22)35-14-16-5-7-19(26)20(27)11-16)10-18-23(30)28-25(32)29(24(18)31)13-17-4-3-9-34-17/h3-12H,2,13-14H2,1H3,(H,28,30,32)/b18-10+. The van der Waals surface area contributed by atoms with E-state index in [9.17, 15) is 14.4 Å². The molecule has 0 atom stereocenters. The summed E-state index contributed by atoms with van der Waals surface area (Å²) >= 11 is 12.0. The minimum absolute atomic E-state index is 0.103. The summed E-state index contributed by atoms with van der Waals surface area (Å²) in [6.07, 6.45) is 2.83. The molecule has 1 aromatic heterocycles. The van der Waals surface area contributed by atoms with Gasteiger partial charge in [0.1, 0.15) is 17.9 Å². The van der Waals surface area contributed by atoms with Crippen LogP contribution in [0, 0.1) is 0 Å². The number of barbiturate groups is 1. The minimum atomic E-state index is -0.811. The summed E-state index contributed by atoms with van der Waals surface area (Å²) in [6.45, 7) is 2.31. The van der Waals surface area contributed by atoms with Crippen molar-refractivity contribution >= 4 is 47.1 Å². The van der Waals surface area contributed by atoms with Gasteiger partial charge in [-0.3, -0.25) is 19.8 Å². The van der Waals surface area contributed by atoms with Gasteiger partial charge < -0.3 is 13.9 Å². The predicted octanol–water partition coefficient (Wildman–Crippen LogP) is 5.23. The second-order valence-corrected chi connectivity index (χ2v) is 8.28. The monoisotopic (exact) mass is 514 g/mol. The smallest absolute Gasteiger partial charge is 0.331 e. The number of imide groups is 2. The molecule has 0 saturated carbocycles. The highest BCUT2D eigenvalue weighted by Gasteiger charge is 2.36. The van der Waals surface area contributed by atoms with E-state index in [1.165, 1.54) is 12.3 Å². The van der Waals surface area contributed by atoms with Crippen molar-refractivity contribution in [2.75, 3.05) is 6.61 Å². The lowest BCUT2D eigenvalue weighted by atomic mass is 10.1. The second kappa shape index (κ2) is 10.7. The van der Waals surface area contributed by atoms with Gasteiger partial charge in [0, 0.05) is 0 Å². The number of furan rings is 1. The Balaban J connectivity index is 1.56.